The zero-order chi connectivity index (χ0) is 40.6. The molecule has 302 valence electrons. The second kappa shape index (κ2) is 15.8. The number of β-lactam (4-membered cyclic amide) rings is 1. The number of rotatable bonds is 16. The zero-order valence-electron chi connectivity index (χ0n) is 30.5. The summed E-state index contributed by atoms with van der Waals surface area (Å²) in [6.07, 6.45) is 2.50. The smallest absolute Gasteiger partial charge is 0.418 e. The number of nitrogens with one attached hydrogen (secondary N) is 3. The van der Waals surface area contributed by atoms with E-state index >= 15 is 0 Å². The predicted octanol–water partition coefficient (Wildman–Crippen LogP) is -1.18. The van der Waals surface area contributed by atoms with Crippen molar-refractivity contribution >= 4 is 56.3 Å². The summed E-state index contributed by atoms with van der Waals surface area (Å²) in [6.45, 7) is 6.83. The molecular weight excluding hydrogens is 777 g/mol. The van der Waals surface area contributed by atoms with Crippen molar-refractivity contribution in [1.82, 2.24) is 25.7 Å². The first-order chi connectivity index (χ1) is 26.4. The SMILES string of the molecule is CC(O/N=C(\C(=O)NC1C(=O)N(OS(=O)(=O)O)C1(C)C)c1csc(N)n1)(C(=O)O)C1CCc2cc(-c3cnc(NCC(O)CN)[n+](CC4CNC4)c3)ccc2O1. The molecule has 4 unspecified atom stereocenters. The van der Waals surface area contributed by atoms with E-state index < -0.39 is 63.3 Å². The number of aliphatic carboxylic acids is 1. The Balaban J connectivity index is 1.20. The molecule has 10 N–H and O–H groups in total. The Kier molecular flexibility index (Phi) is 11.5. The molecule has 0 aliphatic carbocycles. The van der Waals surface area contributed by atoms with Crippen molar-refractivity contribution in [2.24, 2.45) is 16.8 Å². The fraction of sp³-hybridized carbons (Fsp3) is 0.485. The lowest BCUT2D eigenvalue weighted by molar-refractivity contribution is -0.692. The van der Waals surface area contributed by atoms with Crippen LogP contribution >= 0.6 is 11.3 Å². The molecule has 0 spiro atoms. The highest BCUT2D eigenvalue weighted by molar-refractivity contribution is 7.80. The number of oxime groups is 1. The number of benzene rings is 1. The second-order valence-electron chi connectivity index (χ2n) is 14.3. The summed E-state index contributed by atoms with van der Waals surface area (Å²) in [5, 5.41) is 35.0. The highest BCUT2D eigenvalue weighted by Gasteiger charge is 2.58. The second-order valence-corrected chi connectivity index (χ2v) is 16.2. The van der Waals surface area contributed by atoms with Gasteiger partial charge in [0.05, 0.1) is 30.9 Å². The number of thiazole rings is 1. The maximum Gasteiger partial charge on any atom is 0.418 e. The van der Waals surface area contributed by atoms with Crippen LogP contribution in [0.25, 0.3) is 11.1 Å². The lowest BCUT2D eigenvalue weighted by Gasteiger charge is -2.50. The largest absolute Gasteiger partial charge is 0.485 e. The van der Waals surface area contributed by atoms with Gasteiger partial charge in [-0.15, -0.1) is 15.6 Å². The van der Waals surface area contributed by atoms with Crippen molar-refractivity contribution in [2.45, 2.75) is 69.5 Å². The van der Waals surface area contributed by atoms with Crippen molar-refractivity contribution in [2.75, 3.05) is 37.2 Å². The van der Waals surface area contributed by atoms with Crippen LogP contribution in [0.2, 0.25) is 0 Å². The number of fused-ring (bicyclic) bond motifs is 1. The molecule has 5 heterocycles. The van der Waals surface area contributed by atoms with Gasteiger partial charge in [0.1, 0.15) is 23.7 Å². The van der Waals surface area contributed by atoms with Gasteiger partial charge in [0.2, 0.25) is 0 Å². The standard InChI is InChI=1S/C33H42N10O11S2/c1-32(2)26(28(46)43(32)54-56(49,50)51)40-27(45)25(22-16-55-30(35)39-22)41-53-33(3,29(47)48)24-7-5-19-8-18(4-6-23(19)52-24)20-12-37-31(38-13-21(44)9-34)42(15-20)14-17-10-36-11-17/h4,6,8,12,15-17,21,24,26,36,44H,5,7,9-11,13-14,34H2,1-3H3,(H5,35,39,40,45,47,48,49,50,51)/p+1/b41-25-. The normalized spacial score (nSPS) is 21.1. The number of carboxylic acid groups (broad SMARTS) is 1. The molecule has 2 amide bonds. The number of aromatic nitrogens is 3. The van der Waals surface area contributed by atoms with E-state index in [1.165, 1.54) is 26.2 Å². The van der Waals surface area contributed by atoms with E-state index in [1.54, 1.807) is 12.3 Å². The molecule has 2 aromatic heterocycles. The van der Waals surface area contributed by atoms with Crippen molar-refractivity contribution in [3.05, 3.63) is 47.2 Å². The van der Waals surface area contributed by atoms with Gasteiger partial charge in [0, 0.05) is 36.5 Å². The molecule has 3 aliphatic heterocycles. The van der Waals surface area contributed by atoms with Crippen LogP contribution < -0.4 is 36.7 Å². The first-order valence-corrected chi connectivity index (χ1v) is 19.7. The molecular formula is C33H43N10O11S2+. The third kappa shape index (κ3) is 8.52. The molecule has 3 aromatic rings. The molecule has 3 aliphatic rings. The Hall–Kier alpha value is -5.04. The van der Waals surface area contributed by atoms with E-state index in [9.17, 15) is 33.0 Å². The monoisotopic (exact) mass is 819 g/mol. The number of hydrogen-bond donors (Lipinski definition) is 8. The minimum absolute atomic E-state index is 0.0529. The molecule has 0 saturated carbocycles. The van der Waals surface area contributed by atoms with Crippen molar-refractivity contribution < 1.29 is 56.0 Å². The van der Waals surface area contributed by atoms with E-state index in [0.29, 0.717) is 35.6 Å². The molecule has 23 heteroatoms. The number of aliphatic hydroxyl groups is 1. The molecule has 2 saturated heterocycles. The third-order valence-electron chi connectivity index (χ3n) is 9.79. The van der Waals surface area contributed by atoms with Gasteiger partial charge in [0.25, 0.3) is 17.4 Å². The van der Waals surface area contributed by atoms with Gasteiger partial charge in [-0.2, -0.15) is 13.5 Å². The Morgan fingerprint density at radius 2 is 2.05 bits per heavy atom. The number of anilines is 2. The number of aryl methyl sites for hydroxylation is 1. The average molecular weight is 820 g/mol. The molecule has 2 fully saturated rings. The highest BCUT2D eigenvalue weighted by atomic mass is 32.3. The minimum Gasteiger partial charge on any atom is -0.485 e. The van der Waals surface area contributed by atoms with E-state index in [-0.39, 0.29) is 30.3 Å². The van der Waals surface area contributed by atoms with Crippen LogP contribution in [0.1, 0.15) is 38.4 Å². The van der Waals surface area contributed by atoms with Crippen LogP contribution in [0.3, 0.4) is 0 Å². The fourth-order valence-corrected chi connectivity index (χ4v) is 7.30. The average Bonchev–Trinajstić information content (AvgIpc) is 3.57. The predicted molar refractivity (Wildman–Crippen MR) is 198 cm³/mol. The quantitative estimate of drug-likeness (QED) is 0.0277. The summed E-state index contributed by atoms with van der Waals surface area (Å²) in [5.74, 6) is -2.02. The van der Waals surface area contributed by atoms with Gasteiger partial charge in [-0.05, 0) is 56.9 Å². The van der Waals surface area contributed by atoms with E-state index in [4.69, 9.17) is 25.6 Å². The number of carbonyl (C=O) groups excluding carboxylic acids is 2. The van der Waals surface area contributed by atoms with Crippen LogP contribution in [0.5, 0.6) is 5.75 Å². The summed E-state index contributed by atoms with van der Waals surface area (Å²) in [7, 11) is -5.04. The van der Waals surface area contributed by atoms with Gasteiger partial charge >= 0.3 is 22.3 Å². The number of hydroxylamine groups is 2. The summed E-state index contributed by atoms with van der Waals surface area (Å²) in [4.78, 5) is 53.4. The fourth-order valence-electron chi connectivity index (χ4n) is 6.30. The first-order valence-electron chi connectivity index (χ1n) is 17.4. The van der Waals surface area contributed by atoms with Crippen LogP contribution in [0.4, 0.5) is 11.1 Å². The molecule has 0 bridgehead atoms. The van der Waals surface area contributed by atoms with Crippen LogP contribution in [0, 0.1) is 5.92 Å². The number of nitrogen functional groups attached to an aromatic ring is 1. The van der Waals surface area contributed by atoms with Gasteiger partial charge in [-0.1, -0.05) is 16.2 Å². The van der Waals surface area contributed by atoms with E-state index in [1.807, 2.05) is 22.9 Å². The summed E-state index contributed by atoms with van der Waals surface area (Å²) in [5.41, 5.74) is 9.66. The van der Waals surface area contributed by atoms with Crippen LogP contribution in [0.15, 0.2) is 41.1 Å². The maximum atomic E-state index is 13.6. The first kappa shape index (κ1) is 40.6. The zero-order valence-corrected chi connectivity index (χ0v) is 32.2. The maximum absolute atomic E-state index is 13.6. The number of nitrogens with two attached hydrogens (primary N) is 2. The third-order valence-corrected chi connectivity index (χ3v) is 10.8. The number of carboxylic acids is 1. The van der Waals surface area contributed by atoms with E-state index in [2.05, 4.69) is 35.4 Å². The van der Waals surface area contributed by atoms with Crippen molar-refractivity contribution in [1.29, 1.82) is 0 Å². The number of amides is 2. The van der Waals surface area contributed by atoms with Gasteiger partial charge < -0.3 is 41.9 Å². The van der Waals surface area contributed by atoms with Gasteiger partial charge in [-0.25, -0.2) is 14.3 Å². The van der Waals surface area contributed by atoms with Crippen LogP contribution in [-0.2, 0) is 46.9 Å². The topological polar surface area (TPSA) is 307 Å². The summed E-state index contributed by atoms with van der Waals surface area (Å²) in [6, 6.07) is 4.16. The van der Waals surface area contributed by atoms with Crippen molar-refractivity contribution in [3.8, 4) is 16.9 Å². The number of aliphatic hydroxyl groups excluding tert-OH is 1. The molecule has 56 heavy (non-hydrogen) atoms. The Bertz CT molecular complexity index is 2150. The Morgan fingerprint density at radius 3 is 2.66 bits per heavy atom. The molecule has 4 atom stereocenters. The minimum atomic E-state index is -5.04. The molecule has 1 aromatic carbocycles. The highest BCUT2D eigenvalue weighted by Crippen LogP contribution is 2.37. The van der Waals surface area contributed by atoms with Crippen molar-refractivity contribution in [3.63, 3.8) is 0 Å². The van der Waals surface area contributed by atoms with E-state index in [0.717, 1.165) is 41.1 Å². The summed E-state index contributed by atoms with van der Waals surface area (Å²) < 4.78 is 44.0. The van der Waals surface area contributed by atoms with Gasteiger partial charge in [-0.3, -0.25) is 19.5 Å². The number of nitrogens with zero attached hydrogens (tertiary/aromatic N) is 5. The molecule has 21 nitrogen and oxygen atoms in total. The summed E-state index contributed by atoms with van der Waals surface area (Å²) >= 11 is 0.962. The number of hydrogen-bond acceptors (Lipinski definition) is 17. The van der Waals surface area contributed by atoms with Crippen LogP contribution in [-0.4, -0.2) is 117 Å². The molecule has 0 radical (unpaired) electrons. The molecule has 6 rings (SSSR count). The lowest BCUT2D eigenvalue weighted by atomic mass is 9.84. The Morgan fingerprint density at radius 1 is 1.30 bits per heavy atom. The number of ether oxygens (including phenoxy) is 1. The Labute approximate surface area is 324 Å². The van der Waals surface area contributed by atoms with Gasteiger partial charge in [0.15, 0.2) is 16.9 Å². The lowest BCUT2D eigenvalue weighted by Crippen LogP contribution is -2.76. The number of carbonyl (C=O) groups is 3.